The average molecular weight is 285 g/mol. The van der Waals surface area contributed by atoms with Gasteiger partial charge in [0.2, 0.25) is 5.88 Å². The van der Waals surface area contributed by atoms with Crippen LogP contribution in [0.1, 0.15) is 21.5 Å². The molecule has 0 aliphatic rings. The molecular formula is C16H19N3O2. The molecule has 2 rings (SSSR count). The number of aryl methyl sites for hydroxylation is 2. The number of carbonyl (C=O) groups excluding carboxylic acids is 1. The van der Waals surface area contributed by atoms with E-state index < -0.39 is 0 Å². The monoisotopic (exact) mass is 285 g/mol. The Morgan fingerprint density at radius 2 is 1.90 bits per heavy atom. The van der Waals surface area contributed by atoms with E-state index in [0.717, 1.165) is 11.1 Å². The first-order valence-corrected chi connectivity index (χ1v) is 6.60. The lowest BCUT2D eigenvalue weighted by molar-refractivity contribution is 0.0827. The molecule has 0 aliphatic carbocycles. The third-order valence-corrected chi connectivity index (χ3v) is 3.17. The van der Waals surface area contributed by atoms with E-state index in [1.54, 1.807) is 32.3 Å². The van der Waals surface area contributed by atoms with Crippen molar-refractivity contribution in [3.63, 3.8) is 0 Å². The van der Waals surface area contributed by atoms with Crippen LogP contribution in [0, 0.1) is 13.8 Å². The fourth-order valence-electron chi connectivity index (χ4n) is 1.90. The molecule has 0 saturated carbocycles. The zero-order valence-corrected chi connectivity index (χ0v) is 12.7. The van der Waals surface area contributed by atoms with Crippen LogP contribution in [0.4, 0.5) is 5.69 Å². The molecular weight excluding hydrogens is 266 g/mol. The number of nitrogens with two attached hydrogens (primary N) is 1. The molecule has 1 aromatic heterocycles. The number of benzene rings is 1. The predicted molar refractivity (Wildman–Crippen MR) is 82.7 cm³/mol. The lowest BCUT2D eigenvalue weighted by Gasteiger charge is -2.12. The third-order valence-electron chi connectivity index (χ3n) is 3.17. The summed E-state index contributed by atoms with van der Waals surface area (Å²) in [6.45, 7) is 3.90. The molecule has 0 spiro atoms. The number of amides is 1. The summed E-state index contributed by atoms with van der Waals surface area (Å²) in [5.41, 5.74) is 9.08. The van der Waals surface area contributed by atoms with E-state index in [-0.39, 0.29) is 5.91 Å². The standard InChI is InChI=1S/C16H19N3O2/c1-10-7-11(2)14(8-13(10)17)21-15-6-5-12(9-18-15)16(20)19(3)4/h5-9H,17H2,1-4H3. The second-order valence-corrected chi connectivity index (χ2v) is 5.16. The van der Waals surface area contributed by atoms with Gasteiger partial charge in [0.1, 0.15) is 5.75 Å². The van der Waals surface area contributed by atoms with Crippen LogP contribution in [-0.2, 0) is 0 Å². The maximum atomic E-state index is 11.8. The van der Waals surface area contributed by atoms with Crippen LogP contribution >= 0.6 is 0 Å². The van der Waals surface area contributed by atoms with E-state index in [0.29, 0.717) is 22.9 Å². The molecule has 0 bridgehead atoms. The van der Waals surface area contributed by atoms with Gasteiger partial charge in [-0.25, -0.2) is 4.98 Å². The van der Waals surface area contributed by atoms with Crippen LogP contribution in [0.3, 0.4) is 0 Å². The van der Waals surface area contributed by atoms with Crippen molar-refractivity contribution in [2.45, 2.75) is 13.8 Å². The molecule has 21 heavy (non-hydrogen) atoms. The molecule has 0 fully saturated rings. The number of hydrogen-bond donors (Lipinski definition) is 1. The Balaban J connectivity index is 2.21. The van der Waals surface area contributed by atoms with Gasteiger partial charge < -0.3 is 15.4 Å². The molecule has 0 radical (unpaired) electrons. The van der Waals surface area contributed by atoms with E-state index in [1.165, 1.54) is 11.1 Å². The first-order chi connectivity index (χ1) is 9.88. The number of rotatable bonds is 3. The zero-order chi connectivity index (χ0) is 15.6. The van der Waals surface area contributed by atoms with Gasteiger partial charge in [-0.1, -0.05) is 6.07 Å². The first kappa shape index (κ1) is 14.8. The minimum absolute atomic E-state index is 0.0928. The van der Waals surface area contributed by atoms with E-state index in [4.69, 9.17) is 10.5 Å². The molecule has 2 aromatic rings. The van der Waals surface area contributed by atoms with E-state index in [1.807, 2.05) is 19.9 Å². The van der Waals surface area contributed by atoms with Gasteiger partial charge in [-0.15, -0.1) is 0 Å². The number of pyridine rings is 1. The molecule has 1 aromatic carbocycles. The largest absolute Gasteiger partial charge is 0.439 e. The quantitative estimate of drug-likeness (QED) is 0.880. The molecule has 1 amide bonds. The summed E-state index contributed by atoms with van der Waals surface area (Å²) in [4.78, 5) is 17.4. The van der Waals surface area contributed by atoms with Crippen LogP contribution in [0.25, 0.3) is 0 Å². The Hall–Kier alpha value is -2.56. The molecule has 0 unspecified atom stereocenters. The number of hydrogen-bond acceptors (Lipinski definition) is 4. The van der Waals surface area contributed by atoms with Gasteiger partial charge >= 0.3 is 0 Å². The van der Waals surface area contributed by atoms with Crippen molar-refractivity contribution in [2.75, 3.05) is 19.8 Å². The highest BCUT2D eigenvalue weighted by molar-refractivity contribution is 5.93. The molecule has 5 heteroatoms. The van der Waals surface area contributed by atoms with Gasteiger partial charge in [0.15, 0.2) is 0 Å². The number of ether oxygens (including phenoxy) is 1. The molecule has 0 atom stereocenters. The van der Waals surface area contributed by atoms with Crippen LogP contribution in [0.5, 0.6) is 11.6 Å². The predicted octanol–water partition coefficient (Wildman–Crippen LogP) is 2.77. The van der Waals surface area contributed by atoms with Crippen LogP contribution in [-0.4, -0.2) is 29.9 Å². The Bertz CT molecular complexity index is 664. The number of nitrogens with zero attached hydrogens (tertiary/aromatic N) is 2. The van der Waals surface area contributed by atoms with Gasteiger partial charge in [0.25, 0.3) is 5.91 Å². The fraction of sp³-hybridized carbons (Fsp3) is 0.250. The molecule has 2 N–H and O–H groups in total. The van der Waals surface area contributed by atoms with Gasteiger partial charge in [0, 0.05) is 38.1 Å². The third kappa shape index (κ3) is 3.31. The second-order valence-electron chi connectivity index (χ2n) is 5.16. The Morgan fingerprint density at radius 3 is 2.48 bits per heavy atom. The summed E-state index contributed by atoms with van der Waals surface area (Å²) >= 11 is 0. The average Bonchev–Trinajstić information content (AvgIpc) is 2.44. The number of nitrogen functional groups attached to an aromatic ring is 1. The van der Waals surface area contributed by atoms with Gasteiger partial charge in [-0.2, -0.15) is 0 Å². The minimum atomic E-state index is -0.0928. The van der Waals surface area contributed by atoms with E-state index >= 15 is 0 Å². The Kier molecular flexibility index (Phi) is 4.12. The van der Waals surface area contributed by atoms with Crippen LogP contribution in [0.15, 0.2) is 30.5 Å². The highest BCUT2D eigenvalue weighted by Crippen LogP contribution is 2.28. The highest BCUT2D eigenvalue weighted by atomic mass is 16.5. The maximum absolute atomic E-state index is 11.8. The molecule has 110 valence electrons. The van der Waals surface area contributed by atoms with Crippen molar-refractivity contribution in [3.05, 3.63) is 47.2 Å². The van der Waals surface area contributed by atoms with Crippen molar-refractivity contribution < 1.29 is 9.53 Å². The second kappa shape index (κ2) is 5.83. The molecule has 1 heterocycles. The summed E-state index contributed by atoms with van der Waals surface area (Å²) in [5.74, 6) is 0.999. The van der Waals surface area contributed by atoms with Crippen LogP contribution < -0.4 is 10.5 Å². The van der Waals surface area contributed by atoms with Gasteiger partial charge in [0.05, 0.1) is 5.56 Å². The summed E-state index contributed by atoms with van der Waals surface area (Å²) in [6, 6.07) is 7.11. The van der Waals surface area contributed by atoms with E-state index in [2.05, 4.69) is 4.98 Å². The van der Waals surface area contributed by atoms with Crippen molar-refractivity contribution in [2.24, 2.45) is 0 Å². The summed E-state index contributed by atoms with van der Waals surface area (Å²) in [7, 11) is 3.40. The SMILES string of the molecule is Cc1cc(C)c(Oc2ccc(C(=O)N(C)C)cn2)cc1N. The highest BCUT2D eigenvalue weighted by Gasteiger charge is 2.10. The number of aromatic nitrogens is 1. The summed E-state index contributed by atoms with van der Waals surface area (Å²) < 4.78 is 5.72. The maximum Gasteiger partial charge on any atom is 0.254 e. The topological polar surface area (TPSA) is 68.5 Å². The van der Waals surface area contributed by atoms with Crippen molar-refractivity contribution in [3.8, 4) is 11.6 Å². The summed E-state index contributed by atoms with van der Waals surface area (Å²) in [6.07, 6.45) is 1.50. The lowest BCUT2D eigenvalue weighted by atomic mass is 10.1. The fourth-order valence-corrected chi connectivity index (χ4v) is 1.90. The van der Waals surface area contributed by atoms with Crippen LogP contribution in [0.2, 0.25) is 0 Å². The Labute approximate surface area is 124 Å². The Morgan fingerprint density at radius 1 is 1.19 bits per heavy atom. The summed E-state index contributed by atoms with van der Waals surface area (Å²) in [5, 5.41) is 0. The van der Waals surface area contributed by atoms with E-state index in [9.17, 15) is 4.79 Å². The smallest absolute Gasteiger partial charge is 0.254 e. The number of anilines is 1. The molecule has 0 saturated heterocycles. The van der Waals surface area contributed by atoms with Crippen molar-refractivity contribution >= 4 is 11.6 Å². The van der Waals surface area contributed by atoms with Crippen molar-refractivity contribution in [1.29, 1.82) is 0 Å². The zero-order valence-electron chi connectivity index (χ0n) is 12.7. The molecule has 0 aliphatic heterocycles. The lowest BCUT2D eigenvalue weighted by Crippen LogP contribution is -2.21. The van der Waals surface area contributed by atoms with Gasteiger partial charge in [-0.05, 0) is 31.0 Å². The minimum Gasteiger partial charge on any atom is -0.439 e. The van der Waals surface area contributed by atoms with Crippen molar-refractivity contribution in [1.82, 2.24) is 9.88 Å². The van der Waals surface area contributed by atoms with Gasteiger partial charge in [-0.3, -0.25) is 4.79 Å². The normalized spacial score (nSPS) is 10.3. The number of carbonyl (C=O) groups is 1. The molecule has 5 nitrogen and oxygen atoms in total. The first-order valence-electron chi connectivity index (χ1n) is 6.60.